The molecule has 0 spiro atoms. The number of ether oxygens (including phenoxy) is 3. The molecule has 2 N–H and O–H groups in total. The molecular formula is C14H26N2O6. The summed E-state index contributed by atoms with van der Waals surface area (Å²) >= 11 is 0. The van der Waals surface area contributed by atoms with E-state index >= 15 is 0 Å². The zero-order valence-electron chi connectivity index (χ0n) is 13.3. The molecule has 0 aliphatic heterocycles. The van der Waals surface area contributed by atoms with Gasteiger partial charge < -0.3 is 24.8 Å². The summed E-state index contributed by atoms with van der Waals surface area (Å²) < 4.78 is 15.1. The maximum atomic E-state index is 11.4. The second-order valence-corrected chi connectivity index (χ2v) is 4.33. The Morgan fingerprint density at radius 3 is 1.77 bits per heavy atom. The first-order chi connectivity index (χ1) is 10.6. The molecule has 0 fully saturated rings. The molecule has 0 aromatic heterocycles. The van der Waals surface area contributed by atoms with Gasteiger partial charge in [0.2, 0.25) is 11.8 Å². The first kappa shape index (κ1) is 20.5. The van der Waals surface area contributed by atoms with Gasteiger partial charge in [0.25, 0.3) is 0 Å². The van der Waals surface area contributed by atoms with Crippen LogP contribution in [0.25, 0.3) is 0 Å². The summed E-state index contributed by atoms with van der Waals surface area (Å²) in [6, 6.07) is 0. The van der Waals surface area contributed by atoms with Crippen LogP contribution >= 0.6 is 0 Å². The number of carbonyl (C=O) groups is 3. The van der Waals surface area contributed by atoms with Crippen LogP contribution in [0, 0.1) is 0 Å². The van der Waals surface area contributed by atoms with Gasteiger partial charge in [0.05, 0.1) is 13.2 Å². The first-order valence-corrected chi connectivity index (χ1v) is 7.38. The minimum absolute atomic E-state index is 0.0253. The molecule has 0 rings (SSSR count). The van der Waals surface area contributed by atoms with Crippen molar-refractivity contribution in [2.75, 3.05) is 52.7 Å². The largest absolute Gasteiger partial charge is 0.372 e. The van der Waals surface area contributed by atoms with Crippen molar-refractivity contribution in [2.45, 2.75) is 20.3 Å². The first-order valence-electron chi connectivity index (χ1n) is 7.38. The zero-order chi connectivity index (χ0) is 16.6. The Hall–Kier alpha value is -1.51. The van der Waals surface area contributed by atoms with Crippen LogP contribution in [0.1, 0.15) is 20.3 Å². The van der Waals surface area contributed by atoms with Gasteiger partial charge in [-0.3, -0.25) is 14.4 Å². The van der Waals surface area contributed by atoms with Crippen molar-refractivity contribution in [3.63, 3.8) is 0 Å². The molecule has 0 saturated carbocycles. The highest BCUT2D eigenvalue weighted by Gasteiger charge is 2.03. The Labute approximate surface area is 130 Å². The lowest BCUT2D eigenvalue weighted by atomic mass is 10.3. The second kappa shape index (κ2) is 14.4. The molecule has 8 nitrogen and oxygen atoms in total. The lowest BCUT2D eigenvalue weighted by Crippen LogP contribution is -2.33. The minimum Gasteiger partial charge on any atom is -0.372 e. The fourth-order valence-electron chi connectivity index (χ4n) is 1.27. The van der Waals surface area contributed by atoms with Gasteiger partial charge in [-0.1, -0.05) is 6.92 Å². The smallest absolute Gasteiger partial charge is 0.246 e. The van der Waals surface area contributed by atoms with Gasteiger partial charge in [-0.15, -0.1) is 0 Å². The van der Waals surface area contributed by atoms with Crippen LogP contribution < -0.4 is 10.6 Å². The molecule has 128 valence electrons. The van der Waals surface area contributed by atoms with Gasteiger partial charge in [-0.2, -0.15) is 0 Å². The van der Waals surface area contributed by atoms with Gasteiger partial charge in [0.15, 0.2) is 5.78 Å². The fourth-order valence-corrected chi connectivity index (χ4v) is 1.27. The van der Waals surface area contributed by atoms with Gasteiger partial charge in [-0.25, -0.2) is 0 Å². The lowest BCUT2D eigenvalue weighted by molar-refractivity contribution is -0.126. The monoisotopic (exact) mass is 318 g/mol. The van der Waals surface area contributed by atoms with Crippen LogP contribution in [0.15, 0.2) is 0 Å². The number of hydrogen-bond donors (Lipinski definition) is 2. The van der Waals surface area contributed by atoms with E-state index < -0.39 is 0 Å². The molecule has 0 atom stereocenters. The third-order valence-corrected chi connectivity index (χ3v) is 2.46. The number of hydrogen-bond acceptors (Lipinski definition) is 6. The van der Waals surface area contributed by atoms with Crippen molar-refractivity contribution in [2.24, 2.45) is 0 Å². The summed E-state index contributed by atoms with van der Waals surface area (Å²) in [6.45, 7) is 5.24. The molecular weight excluding hydrogens is 292 g/mol. The van der Waals surface area contributed by atoms with Crippen molar-refractivity contribution >= 4 is 17.6 Å². The van der Waals surface area contributed by atoms with Crippen LogP contribution in [-0.4, -0.2) is 70.3 Å². The highest BCUT2D eigenvalue weighted by molar-refractivity contribution is 5.79. The average molecular weight is 318 g/mol. The van der Waals surface area contributed by atoms with Crippen LogP contribution in [0.2, 0.25) is 0 Å². The van der Waals surface area contributed by atoms with Crippen molar-refractivity contribution in [3.8, 4) is 0 Å². The number of amides is 2. The molecule has 0 aliphatic carbocycles. The SMILES string of the molecule is CCOCC(=O)NCCOCC(=O)NCCOCC(=O)CC. The number of ketones is 1. The van der Waals surface area contributed by atoms with Crippen LogP contribution in [0.3, 0.4) is 0 Å². The van der Waals surface area contributed by atoms with E-state index in [-0.39, 0.29) is 50.6 Å². The highest BCUT2D eigenvalue weighted by Crippen LogP contribution is 1.83. The molecule has 0 saturated heterocycles. The fraction of sp³-hybridized carbons (Fsp3) is 0.786. The van der Waals surface area contributed by atoms with Crippen LogP contribution in [0.5, 0.6) is 0 Å². The summed E-state index contributed by atoms with van der Waals surface area (Å²) in [6.07, 6.45) is 0.446. The number of Topliss-reactive ketones (excluding diaryl/α,β-unsaturated/α-hetero) is 1. The maximum absolute atomic E-state index is 11.4. The quantitative estimate of drug-likeness (QED) is 0.409. The van der Waals surface area contributed by atoms with Gasteiger partial charge in [0, 0.05) is 26.1 Å². The topological polar surface area (TPSA) is 103 Å². The third-order valence-electron chi connectivity index (χ3n) is 2.46. The average Bonchev–Trinajstić information content (AvgIpc) is 2.51. The third kappa shape index (κ3) is 13.5. The van der Waals surface area contributed by atoms with Gasteiger partial charge >= 0.3 is 0 Å². The molecule has 0 aromatic rings. The van der Waals surface area contributed by atoms with Crippen LogP contribution in [-0.2, 0) is 28.6 Å². The van der Waals surface area contributed by atoms with E-state index in [1.807, 2.05) is 6.92 Å². The summed E-state index contributed by atoms with van der Waals surface area (Å²) in [5.41, 5.74) is 0. The molecule has 0 bridgehead atoms. The van der Waals surface area contributed by atoms with Gasteiger partial charge in [0.1, 0.15) is 19.8 Å². The minimum atomic E-state index is -0.272. The standard InChI is InChI=1S/C14H26N2O6/c1-3-12(17)9-21-7-5-16-14(19)11-22-8-6-15-13(18)10-20-4-2/h3-11H2,1-2H3,(H,15,18)(H,16,19). The van der Waals surface area contributed by atoms with E-state index in [2.05, 4.69) is 10.6 Å². The van der Waals surface area contributed by atoms with E-state index in [0.717, 1.165) is 0 Å². The molecule has 2 amide bonds. The number of nitrogens with one attached hydrogen (secondary N) is 2. The van der Waals surface area contributed by atoms with Crippen molar-refractivity contribution in [1.82, 2.24) is 10.6 Å². The maximum Gasteiger partial charge on any atom is 0.246 e. The number of rotatable bonds is 14. The van der Waals surface area contributed by atoms with Crippen molar-refractivity contribution in [1.29, 1.82) is 0 Å². The zero-order valence-corrected chi connectivity index (χ0v) is 13.3. The Morgan fingerprint density at radius 2 is 1.27 bits per heavy atom. The van der Waals surface area contributed by atoms with Crippen LogP contribution in [0.4, 0.5) is 0 Å². The molecule has 0 heterocycles. The summed E-state index contributed by atoms with van der Waals surface area (Å²) in [7, 11) is 0. The highest BCUT2D eigenvalue weighted by atomic mass is 16.5. The predicted octanol–water partition coefficient (Wildman–Crippen LogP) is -0.732. The molecule has 22 heavy (non-hydrogen) atoms. The predicted molar refractivity (Wildman–Crippen MR) is 79.4 cm³/mol. The summed E-state index contributed by atoms with van der Waals surface area (Å²) in [5, 5.41) is 5.19. The molecule has 0 aliphatic rings. The molecule has 8 heteroatoms. The number of carbonyl (C=O) groups excluding carboxylic acids is 3. The Bertz CT molecular complexity index is 335. The Balaban J connectivity index is 3.36. The normalized spacial score (nSPS) is 10.3. The molecule has 0 radical (unpaired) electrons. The van der Waals surface area contributed by atoms with E-state index in [9.17, 15) is 14.4 Å². The second-order valence-electron chi connectivity index (χ2n) is 4.33. The summed E-state index contributed by atoms with van der Waals surface area (Å²) in [5.74, 6) is -0.458. The van der Waals surface area contributed by atoms with Gasteiger partial charge in [-0.05, 0) is 6.92 Å². The van der Waals surface area contributed by atoms with E-state index in [4.69, 9.17) is 14.2 Å². The van der Waals surface area contributed by atoms with E-state index in [0.29, 0.717) is 26.1 Å². The van der Waals surface area contributed by atoms with E-state index in [1.165, 1.54) is 0 Å². The Kier molecular flexibility index (Phi) is 13.4. The van der Waals surface area contributed by atoms with Crippen molar-refractivity contribution < 1.29 is 28.6 Å². The Morgan fingerprint density at radius 1 is 0.773 bits per heavy atom. The lowest BCUT2D eigenvalue weighted by Gasteiger charge is -2.08. The molecule has 0 unspecified atom stereocenters. The van der Waals surface area contributed by atoms with E-state index in [1.54, 1.807) is 6.92 Å². The summed E-state index contributed by atoms with van der Waals surface area (Å²) in [4.78, 5) is 33.5. The van der Waals surface area contributed by atoms with Crippen molar-refractivity contribution in [3.05, 3.63) is 0 Å². The molecule has 0 aromatic carbocycles.